The molecular weight excluding hydrogens is 888 g/mol. The van der Waals surface area contributed by atoms with Crippen LogP contribution in [0.15, 0.2) is 36.4 Å². The Labute approximate surface area is 370 Å². The molecule has 3 aromatic carbocycles. The van der Waals surface area contributed by atoms with Crippen molar-refractivity contribution >= 4 is 35.1 Å². The van der Waals surface area contributed by atoms with E-state index < -0.39 is 168 Å². The monoisotopic (exact) mass is 930 g/mol. The number of aliphatic hydroxyl groups is 6. The minimum atomic E-state index is -2.48. The second kappa shape index (κ2) is 18.5. The lowest BCUT2D eigenvalue weighted by Crippen LogP contribution is -2.61. The molecule has 25 nitrogen and oxygen atoms in total. The maximum Gasteiger partial charge on any atom is 0.407 e. The maximum atomic E-state index is 14.0. The van der Waals surface area contributed by atoms with Crippen LogP contribution in [0.1, 0.15) is 67.5 Å². The van der Waals surface area contributed by atoms with Gasteiger partial charge in [0.15, 0.2) is 36.0 Å². The molecule has 4 aliphatic rings. The van der Waals surface area contributed by atoms with E-state index in [1.165, 1.54) is 31.4 Å². The van der Waals surface area contributed by atoms with Crippen molar-refractivity contribution < 1.29 is 108 Å². The number of carbonyl (C=O) groups is 5. The van der Waals surface area contributed by atoms with Gasteiger partial charge in [-0.05, 0) is 17.7 Å². The fraction of sp³-hybridized carbons (Fsp3) is 0.439. The Hall–Kier alpha value is -6.39. The van der Waals surface area contributed by atoms with Crippen LogP contribution in [0.4, 0.5) is 10.5 Å². The molecule has 1 amide bonds. The van der Waals surface area contributed by atoms with Crippen LogP contribution in [0.2, 0.25) is 0 Å². The van der Waals surface area contributed by atoms with Crippen LogP contribution >= 0.6 is 0 Å². The number of methoxy groups -OCH3 is 2. The number of nitrogens with one attached hydrogen (secondary N) is 1. The summed E-state index contributed by atoms with van der Waals surface area (Å²) in [5.41, 5.74) is -5.60. The molecule has 0 radical (unpaired) electrons. The van der Waals surface area contributed by atoms with E-state index in [4.69, 9.17) is 33.2 Å². The van der Waals surface area contributed by atoms with E-state index in [-0.39, 0.29) is 33.6 Å². The number of carbonyl (C=O) groups excluding carboxylic acids is 4. The third-order valence-corrected chi connectivity index (χ3v) is 11.7. The molecule has 0 spiro atoms. The van der Waals surface area contributed by atoms with Gasteiger partial charge in [0, 0.05) is 49.1 Å². The molecule has 0 aromatic heterocycles. The van der Waals surface area contributed by atoms with Gasteiger partial charge in [-0.1, -0.05) is 18.2 Å². The SMILES string of the molecule is COc1cccc2c1C(=O)c1c(O)c3c(c(O)c1C2=O)CC(O)(C(=O)CO)CC3OC1CC(NC(=O)OCc2ccc(OC3OC(C(=O)O)C(O)C(O)C3O)c([N+](=O)[O-])c2)C(O)C(OC)O1. The van der Waals surface area contributed by atoms with Crippen molar-refractivity contribution in [2.24, 2.45) is 0 Å². The summed E-state index contributed by atoms with van der Waals surface area (Å²) in [5, 5.41) is 110. The Balaban J connectivity index is 1.10. The molecular formula is C41H42N2O23. The second-order valence-electron chi connectivity index (χ2n) is 15.6. The Morgan fingerprint density at radius 3 is 2.27 bits per heavy atom. The quantitative estimate of drug-likeness (QED) is 0.0424. The number of nitrogens with zero attached hydrogens (tertiary/aromatic N) is 1. The van der Waals surface area contributed by atoms with E-state index >= 15 is 0 Å². The van der Waals surface area contributed by atoms with Crippen LogP contribution in [-0.2, 0) is 46.3 Å². The first-order valence-corrected chi connectivity index (χ1v) is 19.8. The number of aliphatic carboxylic acids is 1. The number of ketones is 3. The smallest absolute Gasteiger partial charge is 0.407 e. The van der Waals surface area contributed by atoms with E-state index in [9.17, 15) is 80.0 Å². The number of hydrogen-bond acceptors (Lipinski definition) is 22. The molecule has 10 N–H and O–H groups in total. The number of alkyl carbamates (subject to hydrolysis) is 1. The van der Waals surface area contributed by atoms with Crippen LogP contribution in [0, 0.1) is 10.1 Å². The first-order valence-electron chi connectivity index (χ1n) is 19.8. The van der Waals surface area contributed by atoms with Gasteiger partial charge in [0.2, 0.25) is 12.1 Å². The highest BCUT2D eigenvalue weighted by Crippen LogP contribution is 2.52. The summed E-state index contributed by atoms with van der Waals surface area (Å²) in [6.07, 6.45) is -19.7. The van der Waals surface area contributed by atoms with Gasteiger partial charge in [-0.15, -0.1) is 0 Å². The summed E-state index contributed by atoms with van der Waals surface area (Å²) in [6.45, 7) is -1.82. The predicted molar refractivity (Wildman–Crippen MR) is 210 cm³/mol. The van der Waals surface area contributed by atoms with Crippen molar-refractivity contribution in [1.82, 2.24) is 5.32 Å². The van der Waals surface area contributed by atoms with Gasteiger partial charge in [0.1, 0.15) is 60.5 Å². The van der Waals surface area contributed by atoms with Crippen molar-refractivity contribution in [1.29, 1.82) is 0 Å². The Morgan fingerprint density at radius 2 is 1.62 bits per heavy atom. The minimum absolute atomic E-state index is 0.00933. The Morgan fingerprint density at radius 1 is 0.909 bits per heavy atom. The van der Waals surface area contributed by atoms with Crippen molar-refractivity contribution in [2.75, 3.05) is 20.8 Å². The molecule has 2 heterocycles. The lowest BCUT2D eigenvalue weighted by Gasteiger charge is -2.42. The van der Waals surface area contributed by atoms with Crippen LogP contribution in [0.3, 0.4) is 0 Å². The molecule has 25 heteroatoms. The molecule has 0 bridgehead atoms. The molecule has 7 rings (SSSR count). The molecule has 66 heavy (non-hydrogen) atoms. The van der Waals surface area contributed by atoms with E-state index in [0.717, 1.165) is 19.2 Å². The third kappa shape index (κ3) is 8.47. The van der Waals surface area contributed by atoms with Crippen molar-refractivity contribution in [3.05, 3.63) is 85.5 Å². The lowest BCUT2D eigenvalue weighted by molar-refractivity contribution is -0.387. The van der Waals surface area contributed by atoms with Gasteiger partial charge < -0.3 is 84.4 Å². The fourth-order valence-electron chi connectivity index (χ4n) is 8.34. The zero-order valence-corrected chi connectivity index (χ0v) is 34.5. The predicted octanol–water partition coefficient (Wildman–Crippen LogP) is -1.27. The number of fused-ring (bicyclic) bond motifs is 3. The van der Waals surface area contributed by atoms with E-state index in [1.807, 2.05) is 0 Å². The number of nitro groups is 1. The molecule has 2 aliphatic carbocycles. The van der Waals surface area contributed by atoms with Gasteiger partial charge in [-0.2, -0.15) is 0 Å². The maximum absolute atomic E-state index is 14.0. The average Bonchev–Trinajstić information content (AvgIpc) is 3.28. The number of ether oxygens (including phenoxy) is 7. The van der Waals surface area contributed by atoms with Crippen LogP contribution in [-0.4, -0.2) is 162 Å². The average molecular weight is 931 g/mol. The van der Waals surface area contributed by atoms with Crippen molar-refractivity contribution in [3.8, 4) is 23.0 Å². The van der Waals surface area contributed by atoms with Gasteiger partial charge in [0.05, 0.1) is 40.9 Å². The Kier molecular flexibility index (Phi) is 13.3. The first kappa shape index (κ1) is 47.6. The van der Waals surface area contributed by atoms with Crippen LogP contribution < -0.4 is 14.8 Å². The highest BCUT2D eigenvalue weighted by atomic mass is 16.8. The topological polar surface area (TPSA) is 387 Å². The Bertz CT molecular complexity index is 2480. The number of hydrogen-bond donors (Lipinski definition) is 10. The molecule has 2 aliphatic heterocycles. The molecule has 2 saturated heterocycles. The minimum Gasteiger partial charge on any atom is -0.507 e. The standard InChI is InChI=1S/C41H42N2O23/c1-60-20-5-3-4-15-24(20)31(49)27-26(28(15)46)29(47)16-10-41(57,22(45)12-44)11-21(25(16)32(27)50)63-23-9-17(30(48)38(61-2)65-23)42-40(56)62-13-14-6-7-19(18(8-14)43(58)59)64-39-35(53)33(51)34(52)36(66-39)37(54)55/h3-8,17,21,23,30,33-36,38-39,44,47-48,50-53,57H,9-13H2,1-2H3,(H,42,56)(H,54,55). The summed E-state index contributed by atoms with van der Waals surface area (Å²) in [7, 11) is 2.38. The highest BCUT2D eigenvalue weighted by Gasteiger charge is 2.52. The van der Waals surface area contributed by atoms with Crippen LogP contribution in [0.5, 0.6) is 23.0 Å². The summed E-state index contributed by atoms with van der Waals surface area (Å²) in [6, 6.07) is 5.89. The molecule has 3 aromatic rings. The highest BCUT2D eigenvalue weighted by molar-refractivity contribution is 6.31. The number of rotatable bonds is 13. The first-order chi connectivity index (χ1) is 31.2. The zero-order chi connectivity index (χ0) is 48.1. The number of carboxylic acids is 1. The summed E-state index contributed by atoms with van der Waals surface area (Å²) in [4.78, 5) is 76.4. The zero-order valence-electron chi connectivity index (χ0n) is 34.5. The molecule has 0 saturated carbocycles. The van der Waals surface area contributed by atoms with Gasteiger partial charge in [-0.3, -0.25) is 24.5 Å². The summed E-state index contributed by atoms with van der Waals surface area (Å²) < 4.78 is 38.0. The number of aliphatic hydroxyl groups excluding tert-OH is 5. The van der Waals surface area contributed by atoms with Gasteiger partial charge >= 0.3 is 17.7 Å². The molecule has 11 atom stereocenters. The number of carboxylic acid groups (broad SMARTS) is 1. The van der Waals surface area contributed by atoms with Gasteiger partial charge in [0.25, 0.3) is 0 Å². The molecule has 2 fully saturated rings. The second-order valence-corrected chi connectivity index (χ2v) is 15.6. The number of Topliss-reactive ketones (excluding diaryl/α,β-unsaturated/α-hetero) is 1. The lowest BCUT2D eigenvalue weighted by atomic mass is 9.72. The number of amides is 1. The van der Waals surface area contributed by atoms with Crippen LogP contribution in [0.25, 0.3) is 0 Å². The third-order valence-electron chi connectivity index (χ3n) is 11.7. The number of phenolic OH excluding ortho intramolecular Hbond substituents is 2. The molecule has 11 unspecified atom stereocenters. The number of phenols is 2. The normalized spacial score (nSPS) is 29.2. The van der Waals surface area contributed by atoms with Crippen molar-refractivity contribution in [2.45, 2.75) is 93.0 Å². The van der Waals surface area contributed by atoms with E-state index in [1.54, 1.807) is 0 Å². The van der Waals surface area contributed by atoms with E-state index in [0.29, 0.717) is 0 Å². The number of benzene rings is 3. The fourth-order valence-corrected chi connectivity index (χ4v) is 8.34. The summed E-state index contributed by atoms with van der Waals surface area (Å²) >= 11 is 0. The van der Waals surface area contributed by atoms with Crippen molar-refractivity contribution in [3.63, 3.8) is 0 Å². The molecule has 354 valence electrons. The van der Waals surface area contributed by atoms with E-state index in [2.05, 4.69) is 5.32 Å². The summed E-state index contributed by atoms with van der Waals surface area (Å²) in [5.74, 6) is -6.95. The van der Waals surface area contributed by atoms with Gasteiger partial charge in [-0.25, -0.2) is 9.59 Å². The number of aromatic hydroxyl groups is 2. The number of nitro benzene ring substituents is 1. The largest absolute Gasteiger partial charge is 0.507 e.